The Balaban J connectivity index is 0. The Morgan fingerprint density at radius 3 is 2.06 bits per heavy atom. The molecule has 1 fully saturated rings. The van der Waals surface area contributed by atoms with Crippen LogP contribution < -0.4 is 5.73 Å². The lowest BCUT2D eigenvalue weighted by Gasteiger charge is -2.41. The van der Waals surface area contributed by atoms with Crippen LogP contribution in [0.25, 0.3) is 11.4 Å². The molecule has 1 aliphatic heterocycles. The van der Waals surface area contributed by atoms with Crippen LogP contribution in [0, 0.1) is 29.9 Å². The molecular weight excluding hydrogens is 605 g/mol. The Labute approximate surface area is 281 Å². The minimum Gasteiger partial charge on any atom is -0.400 e. The highest BCUT2D eigenvalue weighted by Gasteiger charge is 2.40. The van der Waals surface area contributed by atoms with Gasteiger partial charge in [-0.05, 0) is 55.0 Å². The molecule has 0 unspecified atom stereocenters. The summed E-state index contributed by atoms with van der Waals surface area (Å²) in [5.41, 5.74) is 6.38. The quantitative estimate of drug-likeness (QED) is 0.241. The van der Waals surface area contributed by atoms with Gasteiger partial charge in [0.2, 0.25) is 0 Å². The van der Waals surface area contributed by atoms with E-state index in [1.807, 2.05) is 88.6 Å². The fraction of sp³-hybridized carbons (Fsp3) is 0.528. The van der Waals surface area contributed by atoms with Crippen molar-refractivity contribution < 1.29 is 23.1 Å². The van der Waals surface area contributed by atoms with E-state index in [1.54, 1.807) is 4.68 Å². The van der Waals surface area contributed by atoms with Crippen LogP contribution in [0.1, 0.15) is 85.2 Å². The highest BCUT2D eigenvalue weighted by Crippen LogP contribution is 2.39. The van der Waals surface area contributed by atoms with Gasteiger partial charge >= 0.3 is 6.03 Å². The first-order chi connectivity index (χ1) is 22.7. The summed E-state index contributed by atoms with van der Waals surface area (Å²) in [6.45, 7) is 16.8. The molecule has 1 atom stereocenters. The van der Waals surface area contributed by atoms with Gasteiger partial charge in [-0.3, -0.25) is 4.39 Å². The van der Waals surface area contributed by atoms with E-state index in [-0.39, 0.29) is 17.4 Å². The second-order valence-corrected chi connectivity index (χ2v) is 10.6. The molecule has 2 aromatic carbocycles. The zero-order chi connectivity index (χ0) is 36.6. The van der Waals surface area contributed by atoms with Gasteiger partial charge in [0.15, 0.2) is 11.6 Å². The van der Waals surface area contributed by atoms with Crippen molar-refractivity contribution in [2.45, 2.75) is 80.3 Å². The molecule has 3 aromatic rings. The summed E-state index contributed by atoms with van der Waals surface area (Å²) in [5.74, 6) is -0.562. The number of hydrogen-bond donors (Lipinski definition) is 2. The van der Waals surface area contributed by atoms with Crippen LogP contribution in [0.5, 0.6) is 0 Å². The summed E-state index contributed by atoms with van der Waals surface area (Å²) in [4.78, 5) is 22.3. The van der Waals surface area contributed by atoms with Crippen molar-refractivity contribution in [1.29, 1.82) is 0 Å². The van der Waals surface area contributed by atoms with Gasteiger partial charge in [0, 0.05) is 26.7 Å². The van der Waals surface area contributed by atoms with Crippen molar-refractivity contribution in [1.82, 2.24) is 24.6 Å². The molecule has 0 saturated carbocycles. The largest absolute Gasteiger partial charge is 0.400 e. The average Bonchev–Trinajstić information content (AvgIpc) is 3.79. The fourth-order valence-electron chi connectivity index (χ4n) is 4.89. The lowest BCUT2D eigenvalue weighted by atomic mass is 9.84. The number of nitrogens with two attached hydrogens (primary N) is 1. The lowest BCUT2D eigenvalue weighted by molar-refractivity contribution is 0.0871. The van der Waals surface area contributed by atoms with E-state index >= 15 is 0 Å². The number of aliphatic hydroxyl groups excluding tert-OH is 1. The molecule has 1 saturated heterocycles. The number of amides is 2. The van der Waals surface area contributed by atoms with Crippen LogP contribution in [0.4, 0.5) is 18.0 Å². The Kier molecular flexibility index (Phi) is 24.3. The summed E-state index contributed by atoms with van der Waals surface area (Å²) < 4.78 is 40.1. The van der Waals surface area contributed by atoms with Gasteiger partial charge in [0.25, 0.3) is 0 Å². The second kappa shape index (κ2) is 25.2. The molecule has 264 valence electrons. The molecule has 0 spiro atoms. The van der Waals surface area contributed by atoms with Crippen LogP contribution in [0.15, 0.2) is 48.5 Å². The number of carbonyl (C=O) groups is 1. The third kappa shape index (κ3) is 13.8. The SMILES string of the molecule is C#C.CC.CC.CC(C)(C)[C@H](c1nc(-c2cc(F)ccc2F)nn1Cc1ccccc1)N(CCCN)C(=O)N1CCCC1.CF.CO. The smallest absolute Gasteiger partial charge is 0.320 e. The topological polar surface area (TPSA) is 101 Å². The van der Waals surface area contributed by atoms with E-state index in [9.17, 15) is 18.0 Å². The molecule has 1 aromatic heterocycles. The van der Waals surface area contributed by atoms with Crippen molar-refractivity contribution >= 4 is 6.03 Å². The van der Waals surface area contributed by atoms with Crippen molar-refractivity contribution in [3.8, 4) is 24.2 Å². The molecule has 2 heterocycles. The van der Waals surface area contributed by atoms with Gasteiger partial charge in [-0.2, -0.15) is 5.10 Å². The molecule has 0 aliphatic carbocycles. The van der Waals surface area contributed by atoms with Crippen LogP contribution in [0.3, 0.4) is 0 Å². The lowest BCUT2D eigenvalue weighted by Crippen LogP contribution is -2.48. The van der Waals surface area contributed by atoms with E-state index in [4.69, 9.17) is 15.8 Å². The van der Waals surface area contributed by atoms with Gasteiger partial charge in [-0.25, -0.2) is 23.2 Å². The monoisotopic (exact) mass is 662 g/mol. The molecule has 47 heavy (non-hydrogen) atoms. The Bertz CT molecular complexity index is 1260. The number of aliphatic hydroxyl groups is 1. The first-order valence-electron chi connectivity index (χ1n) is 16.0. The average molecular weight is 663 g/mol. The van der Waals surface area contributed by atoms with Gasteiger partial charge in [0.05, 0.1) is 25.3 Å². The van der Waals surface area contributed by atoms with E-state index in [1.165, 1.54) is 0 Å². The number of hydrogen-bond acceptors (Lipinski definition) is 5. The number of aromatic nitrogens is 3. The van der Waals surface area contributed by atoms with Crippen molar-refractivity contribution in [2.24, 2.45) is 11.1 Å². The number of halogens is 3. The number of terminal acetylenes is 1. The van der Waals surface area contributed by atoms with E-state index in [0.29, 0.717) is 52.1 Å². The zero-order valence-corrected chi connectivity index (χ0v) is 29.8. The van der Waals surface area contributed by atoms with Crippen LogP contribution in [0.2, 0.25) is 0 Å². The number of urea groups is 1. The van der Waals surface area contributed by atoms with Gasteiger partial charge < -0.3 is 20.6 Å². The van der Waals surface area contributed by atoms with Crippen LogP contribution >= 0.6 is 0 Å². The molecule has 0 radical (unpaired) electrons. The number of benzene rings is 2. The molecule has 0 bridgehead atoms. The minimum atomic E-state index is -0.606. The highest BCUT2D eigenvalue weighted by molar-refractivity contribution is 5.75. The maximum Gasteiger partial charge on any atom is 0.320 e. The molecule has 4 rings (SSSR count). The van der Waals surface area contributed by atoms with Crippen LogP contribution in [-0.2, 0) is 6.54 Å². The van der Waals surface area contributed by atoms with Gasteiger partial charge in [0.1, 0.15) is 11.6 Å². The first kappa shape index (κ1) is 45.2. The Morgan fingerprint density at radius 1 is 1.00 bits per heavy atom. The Hall–Kier alpha value is -3.88. The molecule has 3 N–H and O–H groups in total. The van der Waals surface area contributed by atoms with E-state index in [0.717, 1.165) is 43.7 Å². The number of likely N-dealkylation sites (tertiary alicyclic amines) is 1. The van der Waals surface area contributed by atoms with Crippen molar-refractivity contribution in [2.75, 3.05) is 40.5 Å². The normalized spacial score (nSPS) is 12.1. The predicted octanol–water partition coefficient (Wildman–Crippen LogP) is 7.72. The first-order valence-corrected chi connectivity index (χ1v) is 16.0. The Morgan fingerprint density at radius 2 is 1.55 bits per heavy atom. The number of alkyl halides is 1. The second-order valence-electron chi connectivity index (χ2n) is 10.6. The summed E-state index contributed by atoms with van der Waals surface area (Å²) in [5, 5.41) is 11.7. The third-order valence-corrected chi connectivity index (χ3v) is 6.65. The number of nitrogens with zero attached hydrogens (tertiary/aromatic N) is 5. The molecule has 11 heteroatoms. The summed E-state index contributed by atoms with van der Waals surface area (Å²) in [6.07, 6.45) is 10.6. The highest BCUT2D eigenvalue weighted by atomic mass is 19.1. The minimum absolute atomic E-state index is 0.0138. The maximum atomic E-state index is 14.8. The molecule has 1 aliphatic rings. The molecule has 8 nitrogen and oxygen atoms in total. The molecular formula is C36H57F3N6O2. The standard InChI is InChI=1S/C28H36F2N6O.2C2H6.C2H2.CH3F.CH4O/c1-28(2,3)24(35(17-9-14-31)27(37)34-15-7-8-16-34)26-32-25(22-18-21(29)12-13-23(22)30)33-36(26)19-20-10-5-4-6-11-20;5*1-2/h4-6,10-13,18,24H,7-9,14-17,19,31H2,1-3H3;2*1-2H3;1-2H;1H3;2H,1H3/t24-;;;;;/m0...../s1. The van der Waals surface area contributed by atoms with Gasteiger partial charge in [-0.1, -0.05) is 78.8 Å². The van der Waals surface area contributed by atoms with Crippen molar-refractivity contribution in [3.63, 3.8) is 0 Å². The molecule has 2 amide bonds. The predicted molar refractivity (Wildman–Crippen MR) is 187 cm³/mol. The summed E-state index contributed by atoms with van der Waals surface area (Å²) in [7, 11) is 1.50. The van der Waals surface area contributed by atoms with E-state index in [2.05, 4.69) is 17.9 Å². The summed E-state index contributed by atoms with van der Waals surface area (Å²) >= 11 is 0. The van der Waals surface area contributed by atoms with Gasteiger partial charge in [-0.15, -0.1) is 12.8 Å². The van der Waals surface area contributed by atoms with Crippen molar-refractivity contribution in [3.05, 3.63) is 71.6 Å². The zero-order valence-electron chi connectivity index (χ0n) is 29.8. The third-order valence-electron chi connectivity index (χ3n) is 6.65. The summed E-state index contributed by atoms with van der Waals surface area (Å²) in [6, 6.07) is 12.5. The number of carbonyl (C=O) groups excluding carboxylic acids is 1. The van der Waals surface area contributed by atoms with E-state index < -0.39 is 23.1 Å². The van der Waals surface area contributed by atoms with Crippen LogP contribution in [-0.4, -0.2) is 76.2 Å². The fourth-order valence-corrected chi connectivity index (χ4v) is 4.89. The number of rotatable bonds is 8. The maximum absolute atomic E-state index is 14.8.